The van der Waals surface area contributed by atoms with Gasteiger partial charge in [0.15, 0.2) is 0 Å². The molecule has 0 aliphatic heterocycles. The molecule has 3 rings (SSSR count). The third-order valence-electron chi connectivity index (χ3n) is 4.64. The van der Waals surface area contributed by atoms with Gasteiger partial charge in [0.25, 0.3) is 10.0 Å². The zero-order valence-corrected chi connectivity index (χ0v) is 20.6. The van der Waals surface area contributed by atoms with Crippen LogP contribution >= 0.6 is 27.5 Å². The number of rotatable bonds is 7. The molecule has 32 heavy (non-hydrogen) atoms. The molecular formula is C23H21BrClFN2O3S. The van der Waals surface area contributed by atoms with Crippen molar-refractivity contribution in [3.05, 3.63) is 87.1 Å². The minimum atomic E-state index is -3.92. The summed E-state index contributed by atoms with van der Waals surface area (Å²) >= 11 is 9.07. The van der Waals surface area contributed by atoms with Crippen molar-refractivity contribution in [2.75, 3.05) is 16.2 Å². The molecule has 1 amide bonds. The molecule has 0 atom stereocenters. The van der Waals surface area contributed by atoms with Gasteiger partial charge in [-0.25, -0.2) is 12.8 Å². The average Bonchev–Trinajstić information content (AvgIpc) is 2.70. The molecule has 168 valence electrons. The third kappa shape index (κ3) is 5.88. The lowest BCUT2D eigenvalue weighted by Crippen LogP contribution is -2.34. The summed E-state index contributed by atoms with van der Waals surface area (Å²) in [5.74, 6) is -1.01. The topological polar surface area (TPSA) is 66.5 Å². The minimum absolute atomic E-state index is 0.0813. The largest absolute Gasteiger partial charge is 0.326 e. The zero-order valence-electron chi connectivity index (χ0n) is 17.4. The Morgan fingerprint density at radius 3 is 2.25 bits per heavy atom. The lowest BCUT2D eigenvalue weighted by Gasteiger charge is -2.25. The summed E-state index contributed by atoms with van der Waals surface area (Å²) in [7, 11) is -3.92. The summed E-state index contributed by atoms with van der Waals surface area (Å²) in [6, 6.07) is 15.6. The highest BCUT2D eigenvalue weighted by Crippen LogP contribution is 2.27. The molecule has 0 spiro atoms. The number of aryl methyl sites for hydroxylation is 2. The van der Waals surface area contributed by atoms with Gasteiger partial charge < -0.3 is 5.32 Å². The molecule has 0 saturated heterocycles. The molecule has 9 heteroatoms. The summed E-state index contributed by atoms with van der Waals surface area (Å²) in [6.45, 7) is 3.68. The highest BCUT2D eigenvalue weighted by molar-refractivity contribution is 9.10. The number of sulfonamides is 1. The van der Waals surface area contributed by atoms with E-state index in [4.69, 9.17) is 11.6 Å². The molecule has 3 aromatic rings. The van der Waals surface area contributed by atoms with Crippen molar-refractivity contribution in [3.63, 3.8) is 0 Å². The van der Waals surface area contributed by atoms with Gasteiger partial charge in [0.2, 0.25) is 5.91 Å². The number of benzene rings is 3. The lowest BCUT2D eigenvalue weighted by atomic mass is 10.1. The van der Waals surface area contributed by atoms with Gasteiger partial charge in [-0.15, -0.1) is 0 Å². The highest BCUT2D eigenvalue weighted by atomic mass is 79.9. The van der Waals surface area contributed by atoms with Crippen molar-refractivity contribution < 1.29 is 17.6 Å². The molecule has 0 radical (unpaired) electrons. The molecule has 0 fully saturated rings. The van der Waals surface area contributed by atoms with Gasteiger partial charge in [0.05, 0.1) is 15.6 Å². The van der Waals surface area contributed by atoms with Gasteiger partial charge >= 0.3 is 0 Å². The number of hydrogen-bond acceptors (Lipinski definition) is 3. The van der Waals surface area contributed by atoms with E-state index in [0.717, 1.165) is 21.7 Å². The van der Waals surface area contributed by atoms with Gasteiger partial charge in [0.1, 0.15) is 5.82 Å². The molecule has 0 aliphatic rings. The predicted molar refractivity (Wildman–Crippen MR) is 129 cm³/mol. The number of halogens is 3. The van der Waals surface area contributed by atoms with Crippen LogP contribution in [0.3, 0.4) is 0 Å². The van der Waals surface area contributed by atoms with E-state index in [-0.39, 0.29) is 22.9 Å². The van der Waals surface area contributed by atoms with Crippen molar-refractivity contribution in [2.24, 2.45) is 0 Å². The van der Waals surface area contributed by atoms with Crippen molar-refractivity contribution >= 4 is 54.8 Å². The van der Waals surface area contributed by atoms with Crippen LogP contribution in [0, 0.1) is 19.7 Å². The molecule has 0 bridgehead atoms. The Balaban J connectivity index is 1.88. The molecule has 0 heterocycles. The van der Waals surface area contributed by atoms with E-state index < -0.39 is 21.7 Å². The Kier molecular flexibility index (Phi) is 7.59. The van der Waals surface area contributed by atoms with Gasteiger partial charge in [-0.1, -0.05) is 33.6 Å². The molecule has 5 nitrogen and oxygen atoms in total. The van der Waals surface area contributed by atoms with Crippen LogP contribution in [0.5, 0.6) is 0 Å². The van der Waals surface area contributed by atoms with Crippen LogP contribution in [-0.2, 0) is 14.8 Å². The minimum Gasteiger partial charge on any atom is -0.326 e. The zero-order chi connectivity index (χ0) is 23.5. The first-order chi connectivity index (χ1) is 15.1. The Hall–Kier alpha value is -2.42. The van der Waals surface area contributed by atoms with Crippen LogP contribution in [0.15, 0.2) is 70.0 Å². The molecule has 0 aromatic heterocycles. The summed E-state index contributed by atoms with van der Waals surface area (Å²) in [6.07, 6.45) is -0.113. The smallest absolute Gasteiger partial charge is 0.264 e. The van der Waals surface area contributed by atoms with Crippen LogP contribution in [0.2, 0.25) is 5.02 Å². The van der Waals surface area contributed by atoms with Crippen molar-refractivity contribution in [1.82, 2.24) is 0 Å². The fourth-order valence-corrected chi connectivity index (χ4v) is 5.11. The SMILES string of the molecule is Cc1cc(C)cc(N(CCC(=O)Nc2ccc(F)c(Cl)c2)S(=O)(=O)c2ccc(Br)cc2)c1. The fraction of sp³-hybridized carbons (Fsp3) is 0.174. The third-order valence-corrected chi connectivity index (χ3v) is 7.30. The number of nitrogens with zero attached hydrogens (tertiary/aromatic N) is 1. The van der Waals surface area contributed by atoms with E-state index >= 15 is 0 Å². The first-order valence-corrected chi connectivity index (χ1v) is 12.3. The maximum atomic E-state index is 13.4. The normalized spacial score (nSPS) is 11.3. The second-order valence-electron chi connectivity index (χ2n) is 7.30. The van der Waals surface area contributed by atoms with Gasteiger partial charge in [-0.3, -0.25) is 9.10 Å². The number of hydrogen-bond donors (Lipinski definition) is 1. The number of nitrogens with one attached hydrogen (secondary N) is 1. The lowest BCUT2D eigenvalue weighted by molar-refractivity contribution is -0.116. The predicted octanol–water partition coefficient (Wildman–Crippen LogP) is 6.08. The Labute approximate surface area is 200 Å². The molecule has 1 N–H and O–H groups in total. The van der Waals surface area contributed by atoms with Crippen molar-refractivity contribution in [3.8, 4) is 0 Å². The van der Waals surface area contributed by atoms with E-state index in [1.807, 2.05) is 19.9 Å². The van der Waals surface area contributed by atoms with Crippen molar-refractivity contribution in [1.29, 1.82) is 0 Å². The standard InChI is InChI=1S/C23H21BrClFN2O3S/c1-15-11-16(2)13-19(12-15)28(32(30,31)20-6-3-17(24)4-7-20)10-9-23(29)27-18-5-8-22(26)21(25)14-18/h3-8,11-14H,9-10H2,1-2H3,(H,27,29). The maximum Gasteiger partial charge on any atom is 0.264 e. The van der Waals surface area contributed by atoms with Gasteiger partial charge in [0, 0.05) is 23.1 Å². The Bertz CT molecular complexity index is 1230. The van der Waals surface area contributed by atoms with E-state index in [9.17, 15) is 17.6 Å². The number of carbonyl (C=O) groups excluding carboxylic acids is 1. The quantitative estimate of drug-likeness (QED) is 0.396. The molecule has 0 unspecified atom stereocenters. The van der Waals surface area contributed by atoms with E-state index in [2.05, 4.69) is 21.2 Å². The van der Waals surface area contributed by atoms with Crippen LogP contribution < -0.4 is 9.62 Å². The second kappa shape index (κ2) is 10.0. The van der Waals surface area contributed by atoms with Gasteiger partial charge in [-0.2, -0.15) is 0 Å². The van der Waals surface area contributed by atoms with Crippen molar-refractivity contribution in [2.45, 2.75) is 25.2 Å². The van der Waals surface area contributed by atoms with Crippen LogP contribution in [-0.4, -0.2) is 20.9 Å². The average molecular weight is 540 g/mol. The summed E-state index contributed by atoms with van der Waals surface area (Å²) in [4.78, 5) is 12.6. The van der Waals surface area contributed by atoms with Crippen LogP contribution in [0.25, 0.3) is 0 Å². The monoisotopic (exact) mass is 538 g/mol. The number of anilines is 2. The first-order valence-electron chi connectivity index (χ1n) is 9.68. The van der Waals surface area contributed by atoms with E-state index in [1.165, 1.54) is 28.6 Å². The van der Waals surface area contributed by atoms with Crippen LogP contribution in [0.1, 0.15) is 17.5 Å². The first kappa shape index (κ1) is 24.2. The summed E-state index contributed by atoms with van der Waals surface area (Å²) in [5, 5.41) is 2.51. The Morgan fingerprint density at radius 2 is 1.66 bits per heavy atom. The number of amides is 1. The fourth-order valence-electron chi connectivity index (χ4n) is 3.22. The molecule has 0 aliphatic carbocycles. The molecule has 0 saturated carbocycles. The second-order valence-corrected chi connectivity index (χ2v) is 10.5. The highest BCUT2D eigenvalue weighted by Gasteiger charge is 2.26. The summed E-state index contributed by atoms with van der Waals surface area (Å²) in [5.41, 5.74) is 2.61. The van der Waals surface area contributed by atoms with E-state index in [1.54, 1.807) is 24.3 Å². The van der Waals surface area contributed by atoms with Crippen LogP contribution in [0.4, 0.5) is 15.8 Å². The molecule has 3 aromatic carbocycles. The number of carbonyl (C=O) groups is 1. The summed E-state index contributed by atoms with van der Waals surface area (Å²) < 4.78 is 42.2. The van der Waals surface area contributed by atoms with Gasteiger partial charge in [-0.05, 0) is 79.6 Å². The maximum absolute atomic E-state index is 13.4. The Morgan fingerprint density at radius 1 is 1.03 bits per heavy atom. The molecular weight excluding hydrogens is 519 g/mol. The van der Waals surface area contributed by atoms with E-state index in [0.29, 0.717) is 11.4 Å².